The molecule has 2 aromatic rings. The maximum Gasteiger partial charge on any atom is 0.276 e. The molecule has 0 unspecified atom stereocenters. The van der Waals surface area contributed by atoms with Crippen molar-refractivity contribution in [1.82, 2.24) is 14.8 Å². The summed E-state index contributed by atoms with van der Waals surface area (Å²) in [7, 11) is -3.77. The molecular weight excluding hydrogens is 302 g/mol. The summed E-state index contributed by atoms with van der Waals surface area (Å²) in [4.78, 5) is 9.73. The highest BCUT2D eigenvalue weighted by atomic mass is 35.5. The van der Waals surface area contributed by atoms with E-state index in [4.69, 9.17) is 17.3 Å². The van der Waals surface area contributed by atoms with Crippen LogP contribution in [0.5, 0.6) is 0 Å². The van der Waals surface area contributed by atoms with Gasteiger partial charge in [-0.2, -0.15) is 13.2 Å². The fourth-order valence-electron chi connectivity index (χ4n) is 1.28. The Kier molecular flexibility index (Phi) is 4.16. The average Bonchev–Trinajstić information content (AvgIpc) is 2.46. The minimum Gasteiger partial charge on any atom is -0.380 e. The molecule has 0 saturated carbocycles. The zero-order valence-electron chi connectivity index (χ0n) is 10.1. The van der Waals surface area contributed by atoms with Crippen LogP contribution in [0, 0.1) is 0 Å². The van der Waals surface area contributed by atoms with Crippen molar-refractivity contribution in [3.63, 3.8) is 0 Å². The first-order valence-electron chi connectivity index (χ1n) is 5.37. The third-order valence-electron chi connectivity index (χ3n) is 2.21. The van der Waals surface area contributed by atoms with Crippen LogP contribution in [0.15, 0.2) is 52.7 Å². The predicted molar refractivity (Wildman–Crippen MR) is 74.5 cm³/mol. The molecule has 0 spiro atoms. The van der Waals surface area contributed by atoms with E-state index in [1.807, 2.05) is 4.83 Å². The van der Waals surface area contributed by atoms with E-state index in [1.54, 1.807) is 18.2 Å². The van der Waals surface area contributed by atoms with Crippen LogP contribution in [0.4, 0.5) is 0 Å². The number of nitrogens with two attached hydrogens (primary N) is 1. The van der Waals surface area contributed by atoms with Crippen molar-refractivity contribution in [1.29, 1.82) is 0 Å². The van der Waals surface area contributed by atoms with Gasteiger partial charge in [-0.3, -0.25) is 4.98 Å². The standard InChI is InChI=1S/C11H10ClN5O2S/c12-10-7-14-6-9(15-10)11(13)16-17-20(18,19)8-4-2-1-3-5-8/h1-7,17H,(H2,13,16). The van der Waals surface area contributed by atoms with Crippen LogP contribution in [-0.4, -0.2) is 24.2 Å². The Balaban J connectivity index is 2.21. The molecule has 2 rings (SSSR count). The summed E-state index contributed by atoms with van der Waals surface area (Å²) in [5.74, 6) is -0.139. The predicted octanol–water partition coefficient (Wildman–Crippen LogP) is 0.729. The molecule has 3 N–H and O–H groups in total. The Bertz CT molecular complexity index is 733. The molecule has 0 bridgehead atoms. The largest absolute Gasteiger partial charge is 0.380 e. The van der Waals surface area contributed by atoms with Gasteiger partial charge in [0.2, 0.25) is 0 Å². The number of amidine groups is 1. The first-order valence-corrected chi connectivity index (χ1v) is 7.23. The maximum absolute atomic E-state index is 11.9. The second-order valence-electron chi connectivity index (χ2n) is 3.63. The van der Waals surface area contributed by atoms with Gasteiger partial charge in [0.25, 0.3) is 10.0 Å². The Morgan fingerprint density at radius 3 is 2.60 bits per heavy atom. The molecule has 1 aromatic heterocycles. The smallest absolute Gasteiger partial charge is 0.276 e. The van der Waals surface area contributed by atoms with E-state index in [9.17, 15) is 8.42 Å². The van der Waals surface area contributed by atoms with E-state index in [0.29, 0.717) is 0 Å². The number of halogens is 1. The van der Waals surface area contributed by atoms with Crippen molar-refractivity contribution in [3.05, 3.63) is 53.6 Å². The van der Waals surface area contributed by atoms with E-state index >= 15 is 0 Å². The molecule has 104 valence electrons. The zero-order valence-corrected chi connectivity index (χ0v) is 11.6. The molecule has 1 heterocycles. The van der Waals surface area contributed by atoms with Gasteiger partial charge in [-0.15, -0.1) is 5.10 Å². The fourth-order valence-corrected chi connectivity index (χ4v) is 2.27. The van der Waals surface area contributed by atoms with Crippen molar-refractivity contribution < 1.29 is 8.42 Å². The third-order valence-corrected chi connectivity index (χ3v) is 3.61. The van der Waals surface area contributed by atoms with Crippen molar-refractivity contribution in [2.75, 3.05) is 0 Å². The number of hydrazone groups is 1. The first kappa shape index (κ1) is 14.2. The molecule has 0 radical (unpaired) electrons. The molecule has 0 amide bonds. The van der Waals surface area contributed by atoms with Crippen LogP contribution in [0.3, 0.4) is 0 Å². The lowest BCUT2D eigenvalue weighted by molar-refractivity contribution is 0.584. The van der Waals surface area contributed by atoms with Gasteiger partial charge in [-0.25, -0.2) is 4.98 Å². The van der Waals surface area contributed by atoms with Crippen LogP contribution >= 0.6 is 11.6 Å². The molecule has 0 aliphatic carbocycles. The van der Waals surface area contributed by atoms with Crippen molar-refractivity contribution >= 4 is 27.5 Å². The summed E-state index contributed by atoms with van der Waals surface area (Å²) in [6.45, 7) is 0. The number of aromatic nitrogens is 2. The third kappa shape index (κ3) is 3.43. The van der Waals surface area contributed by atoms with Crippen LogP contribution in [-0.2, 0) is 10.0 Å². The van der Waals surface area contributed by atoms with E-state index in [0.717, 1.165) is 0 Å². The molecule has 9 heteroatoms. The molecule has 0 aliphatic rings. The van der Waals surface area contributed by atoms with Crippen LogP contribution in [0.1, 0.15) is 5.69 Å². The number of benzene rings is 1. The van der Waals surface area contributed by atoms with Gasteiger partial charge in [0.15, 0.2) is 5.84 Å². The average molecular weight is 312 g/mol. The van der Waals surface area contributed by atoms with E-state index in [2.05, 4.69) is 15.1 Å². The number of hydrogen-bond acceptors (Lipinski definition) is 5. The highest BCUT2D eigenvalue weighted by molar-refractivity contribution is 7.89. The van der Waals surface area contributed by atoms with Crippen molar-refractivity contribution in [2.24, 2.45) is 10.8 Å². The highest BCUT2D eigenvalue weighted by Gasteiger charge is 2.12. The number of sulfonamides is 1. The lowest BCUT2D eigenvalue weighted by Gasteiger charge is -2.04. The van der Waals surface area contributed by atoms with Gasteiger partial charge >= 0.3 is 0 Å². The number of rotatable bonds is 4. The van der Waals surface area contributed by atoms with Crippen LogP contribution < -0.4 is 10.6 Å². The van der Waals surface area contributed by atoms with E-state index in [1.165, 1.54) is 24.5 Å². The molecule has 0 fully saturated rings. The van der Waals surface area contributed by atoms with E-state index in [-0.39, 0.29) is 21.6 Å². The Hall–Kier alpha value is -2.19. The Labute approximate surface area is 120 Å². The summed E-state index contributed by atoms with van der Waals surface area (Å²) in [5, 5.41) is 3.71. The summed E-state index contributed by atoms with van der Waals surface area (Å²) >= 11 is 5.65. The summed E-state index contributed by atoms with van der Waals surface area (Å²) < 4.78 is 23.8. The summed E-state index contributed by atoms with van der Waals surface area (Å²) in [6.07, 6.45) is 2.65. The second-order valence-corrected chi connectivity index (χ2v) is 5.68. The summed E-state index contributed by atoms with van der Waals surface area (Å²) in [5.41, 5.74) is 5.79. The topological polar surface area (TPSA) is 110 Å². The molecular formula is C11H10ClN5O2S. The number of nitrogens with one attached hydrogen (secondary N) is 1. The molecule has 7 nitrogen and oxygen atoms in total. The Morgan fingerprint density at radius 1 is 1.25 bits per heavy atom. The quantitative estimate of drug-likeness (QED) is 0.491. The molecule has 20 heavy (non-hydrogen) atoms. The van der Waals surface area contributed by atoms with Gasteiger partial charge in [-0.1, -0.05) is 29.8 Å². The van der Waals surface area contributed by atoms with Gasteiger partial charge in [0, 0.05) is 0 Å². The monoisotopic (exact) mass is 311 g/mol. The van der Waals surface area contributed by atoms with E-state index < -0.39 is 10.0 Å². The lowest BCUT2D eigenvalue weighted by Crippen LogP contribution is -2.25. The second kappa shape index (κ2) is 5.85. The molecule has 0 saturated heterocycles. The lowest BCUT2D eigenvalue weighted by atomic mass is 10.4. The minimum absolute atomic E-state index is 0.0775. The maximum atomic E-state index is 11.9. The summed E-state index contributed by atoms with van der Waals surface area (Å²) in [6, 6.07) is 7.78. The Morgan fingerprint density at radius 2 is 1.95 bits per heavy atom. The van der Waals surface area contributed by atoms with Crippen molar-refractivity contribution in [2.45, 2.75) is 4.90 Å². The zero-order chi connectivity index (χ0) is 14.6. The molecule has 0 atom stereocenters. The first-order chi connectivity index (χ1) is 9.49. The van der Waals surface area contributed by atoms with Gasteiger partial charge in [-0.05, 0) is 12.1 Å². The molecule has 0 aliphatic heterocycles. The van der Waals surface area contributed by atoms with Crippen molar-refractivity contribution in [3.8, 4) is 0 Å². The van der Waals surface area contributed by atoms with Gasteiger partial charge in [0.05, 0.1) is 17.3 Å². The SMILES string of the molecule is N/C(=N\NS(=O)(=O)c1ccccc1)c1cncc(Cl)n1. The molecule has 1 aromatic carbocycles. The van der Waals surface area contributed by atoms with Gasteiger partial charge in [0.1, 0.15) is 10.8 Å². The van der Waals surface area contributed by atoms with Gasteiger partial charge < -0.3 is 5.73 Å². The van der Waals surface area contributed by atoms with Crippen LogP contribution in [0.25, 0.3) is 0 Å². The highest BCUT2D eigenvalue weighted by Crippen LogP contribution is 2.07. The number of nitrogens with zero attached hydrogens (tertiary/aromatic N) is 3. The fraction of sp³-hybridized carbons (Fsp3) is 0. The minimum atomic E-state index is -3.77. The van der Waals surface area contributed by atoms with Crippen LogP contribution in [0.2, 0.25) is 5.15 Å². The normalized spacial score (nSPS) is 12.2. The number of hydrogen-bond donors (Lipinski definition) is 2.